The Morgan fingerprint density at radius 3 is 2.39 bits per heavy atom. The predicted octanol–water partition coefficient (Wildman–Crippen LogP) is 4.04. The lowest BCUT2D eigenvalue weighted by molar-refractivity contribution is -0.187. The molecule has 7 nitrogen and oxygen atoms in total. The molecule has 1 unspecified atom stereocenters. The molecule has 2 aromatic rings. The second-order valence-corrected chi connectivity index (χ2v) is 9.45. The second-order valence-electron chi connectivity index (χ2n) is 8.53. The molecule has 1 heterocycles. The van der Waals surface area contributed by atoms with Crippen LogP contribution in [0.15, 0.2) is 40.9 Å². The first kappa shape index (κ1) is 25.7. The highest BCUT2D eigenvalue weighted by Crippen LogP contribution is 2.42. The quantitative estimate of drug-likeness (QED) is 0.432. The molecular weight excluding hydrogens is 557 g/mol. The largest absolute Gasteiger partial charge is 0.408 e. The molecule has 1 aliphatic carbocycles. The number of urea groups is 1. The number of fused-ring (bicyclic) bond motifs is 2. The Morgan fingerprint density at radius 2 is 1.78 bits per heavy atom. The van der Waals surface area contributed by atoms with Crippen LogP contribution in [0.2, 0.25) is 0 Å². The Bertz CT molecular complexity index is 1280. The van der Waals surface area contributed by atoms with E-state index in [9.17, 15) is 41.1 Å². The van der Waals surface area contributed by atoms with Crippen molar-refractivity contribution < 1.29 is 41.1 Å². The summed E-state index contributed by atoms with van der Waals surface area (Å²) in [5, 5.41) is 2.41. The normalized spacial score (nSPS) is 20.1. The molecule has 13 heteroatoms. The molecule has 1 N–H and O–H groups in total. The lowest BCUT2D eigenvalue weighted by atomic mass is 9.92. The Kier molecular flexibility index (Phi) is 6.40. The zero-order chi connectivity index (χ0) is 26.6. The maximum atomic E-state index is 13.6. The fourth-order valence-electron chi connectivity index (χ4n) is 4.37. The van der Waals surface area contributed by atoms with Crippen molar-refractivity contribution in [2.45, 2.75) is 37.6 Å². The SMILES string of the molecule is C[C@H](N(Cc1cc(F)cc(F)c1)C(=O)CN1C(=O)NC2(CC(=O)c3cc(Br)ccc32)C1=O)C(F)(F)F. The van der Waals surface area contributed by atoms with Crippen LogP contribution in [-0.2, 0) is 21.7 Å². The van der Waals surface area contributed by atoms with Gasteiger partial charge in [-0.25, -0.2) is 13.6 Å². The van der Waals surface area contributed by atoms with E-state index in [0.717, 1.165) is 12.1 Å². The number of nitrogens with zero attached hydrogens (tertiary/aromatic N) is 2. The van der Waals surface area contributed by atoms with Crippen molar-refractivity contribution in [2.75, 3.05) is 6.54 Å². The van der Waals surface area contributed by atoms with Gasteiger partial charge in [-0.15, -0.1) is 0 Å². The van der Waals surface area contributed by atoms with Crippen molar-refractivity contribution in [1.29, 1.82) is 0 Å². The fourth-order valence-corrected chi connectivity index (χ4v) is 4.73. The summed E-state index contributed by atoms with van der Waals surface area (Å²) in [7, 11) is 0. The van der Waals surface area contributed by atoms with Gasteiger partial charge in [0.25, 0.3) is 5.91 Å². The number of amides is 4. The van der Waals surface area contributed by atoms with Gasteiger partial charge in [0.2, 0.25) is 5.91 Å². The summed E-state index contributed by atoms with van der Waals surface area (Å²) in [6.07, 6.45) is -5.33. The smallest absolute Gasteiger partial charge is 0.325 e. The number of hydrogen-bond donors (Lipinski definition) is 1. The lowest BCUT2D eigenvalue weighted by Crippen LogP contribution is -2.51. The first-order valence-corrected chi connectivity index (χ1v) is 11.3. The summed E-state index contributed by atoms with van der Waals surface area (Å²) < 4.78 is 68.3. The Labute approximate surface area is 209 Å². The molecule has 0 bridgehead atoms. The van der Waals surface area contributed by atoms with E-state index in [1.165, 1.54) is 12.1 Å². The lowest BCUT2D eigenvalue weighted by Gasteiger charge is -2.32. The monoisotopic (exact) mass is 573 g/mol. The number of rotatable bonds is 5. The minimum atomic E-state index is -4.91. The van der Waals surface area contributed by atoms with Crippen molar-refractivity contribution in [3.05, 3.63) is 69.2 Å². The van der Waals surface area contributed by atoms with Gasteiger partial charge >= 0.3 is 12.2 Å². The molecule has 36 heavy (non-hydrogen) atoms. The molecule has 1 fully saturated rings. The standard InChI is InChI=1S/C23H17BrF5N3O4/c1-11(23(27,28)29)31(9-12-4-14(25)7-15(26)5-12)19(34)10-32-20(35)22(30-21(32)36)8-18(33)16-6-13(24)2-3-17(16)22/h2-7,11H,8-10H2,1H3,(H,30,36)/t11-,22?/m0/s1. The maximum absolute atomic E-state index is 13.6. The van der Waals surface area contributed by atoms with Crippen molar-refractivity contribution in [1.82, 2.24) is 15.1 Å². The number of hydrogen-bond acceptors (Lipinski definition) is 4. The van der Waals surface area contributed by atoms with Gasteiger partial charge in [0, 0.05) is 29.1 Å². The summed E-state index contributed by atoms with van der Waals surface area (Å²) >= 11 is 3.22. The summed E-state index contributed by atoms with van der Waals surface area (Å²) in [5.41, 5.74) is -1.64. The van der Waals surface area contributed by atoms with Crippen LogP contribution in [0.1, 0.15) is 34.8 Å². The highest BCUT2D eigenvalue weighted by Gasteiger charge is 2.58. The molecule has 0 saturated carbocycles. The predicted molar refractivity (Wildman–Crippen MR) is 117 cm³/mol. The fraction of sp³-hybridized carbons (Fsp3) is 0.304. The number of imide groups is 1. The van der Waals surface area contributed by atoms with E-state index in [1.807, 2.05) is 0 Å². The molecule has 1 spiro atoms. The first-order chi connectivity index (χ1) is 16.7. The van der Waals surface area contributed by atoms with E-state index in [-0.39, 0.29) is 21.6 Å². The van der Waals surface area contributed by atoms with Gasteiger partial charge in [-0.3, -0.25) is 19.3 Å². The average Bonchev–Trinajstić information content (AvgIpc) is 3.17. The van der Waals surface area contributed by atoms with E-state index < -0.39 is 72.5 Å². The maximum Gasteiger partial charge on any atom is 0.408 e. The minimum absolute atomic E-state index is 0.187. The molecule has 190 valence electrons. The highest BCUT2D eigenvalue weighted by molar-refractivity contribution is 9.10. The van der Waals surface area contributed by atoms with Gasteiger partial charge in [-0.05, 0) is 42.3 Å². The van der Waals surface area contributed by atoms with Crippen LogP contribution in [-0.4, -0.2) is 52.2 Å². The Morgan fingerprint density at radius 1 is 1.14 bits per heavy atom. The molecule has 1 aliphatic heterocycles. The molecular formula is C23H17BrF5N3O4. The van der Waals surface area contributed by atoms with Crippen LogP contribution in [0.3, 0.4) is 0 Å². The Hall–Kier alpha value is -3.35. The number of benzene rings is 2. The third kappa shape index (κ3) is 4.47. The number of ketones is 1. The molecule has 4 rings (SSSR count). The summed E-state index contributed by atoms with van der Waals surface area (Å²) in [6.45, 7) is -1.24. The van der Waals surface area contributed by atoms with Gasteiger partial charge in [-0.1, -0.05) is 22.0 Å². The molecule has 4 amide bonds. The second kappa shape index (κ2) is 8.95. The zero-order valence-corrected chi connectivity index (χ0v) is 20.0. The van der Waals surface area contributed by atoms with Crippen molar-refractivity contribution in [2.24, 2.45) is 0 Å². The van der Waals surface area contributed by atoms with Crippen molar-refractivity contribution in [3.8, 4) is 0 Å². The van der Waals surface area contributed by atoms with Gasteiger partial charge in [0.15, 0.2) is 11.3 Å². The average molecular weight is 574 g/mol. The van der Waals surface area contributed by atoms with Crippen LogP contribution in [0.5, 0.6) is 0 Å². The number of carbonyl (C=O) groups is 4. The van der Waals surface area contributed by atoms with Gasteiger partial charge in [-0.2, -0.15) is 13.2 Å². The zero-order valence-electron chi connectivity index (χ0n) is 18.5. The van der Waals surface area contributed by atoms with Crippen molar-refractivity contribution >= 4 is 39.6 Å². The summed E-state index contributed by atoms with van der Waals surface area (Å²) in [4.78, 5) is 52.2. The van der Waals surface area contributed by atoms with Crippen LogP contribution in [0.25, 0.3) is 0 Å². The molecule has 0 aromatic heterocycles. The molecule has 2 atom stereocenters. The van der Waals surface area contributed by atoms with Crippen LogP contribution in [0.4, 0.5) is 26.7 Å². The minimum Gasteiger partial charge on any atom is -0.325 e. The molecule has 2 aliphatic rings. The number of nitrogens with one attached hydrogen (secondary N) is 1. The number of Topliss-reactive ketones (excluding diaryl/α,β-unsaturated/α-hetero) is 1. The van der Waals surface area contributed by atoms with E-state index >= 15 is 0 Å². The number of alkyl halides is 3. The van der Waals surface area contributed by atoms with Crippen LogP contribution < -0.4 is 5.32 Å². The van der Waals surface area contributed by atoms with Crippen LogP contribution in [0, 0.1) is 11.6 Å². The number of carbonyl (C=O) groups excluding carboxylic acids is 4. The van der Waals surface area contributed by atoms with E-state index in [0.29, 0.717) is 22.4 Å². The highest BCUT2D eigenvalue weighted by atomic mass is 79.9. The third-order valence-electron chi connectivity index (χ3n) is 6.17. The summed E-state index contributed by atoms with van der Waals surface area (Å²) in [5.74, 6) is -4.79. The third-order valence-corrected chi connectivity index (χ3v) is 6.67. The van der Waals surface area contributed by atoms with Gasteiger partial charge in [0.1, 0.15) is 24.2 Å². The van der Waals surface area contributed by atoms with Gasteiger partial charge in [0.05, 0.1) is 0 Å². The van der Waals surface area contributed by atoms with E-state index in [4.69, 9.17) is 0 Å². The topological polar surface area (TPSA) is 86.8 Å². The molecule has 0 radical (unpaired) electrons. The Balaban J connectivity index is 1.63. The van der Waals surface area contributed by atoms with Crippen molar-refractivity contribution in [3.63, 3.8) is 0 Å². The molecule has 2 aromatic carbocycles. The van der Waals surface area contributed by atoms with Crippen LogP contribution >= 0.6 is 15.9 Å². The summed E-state index contributed by atoms with van der Waals surface area (Å²) in [6, 6.07) is 3.09. The van der Waals surface area contributed by atoms with Gasteiger partial charge < -0.3 is 10.2 Å². The number of halogens is 6. The first-order valence-electron chi connectivity index (χ1n) is 10.5. The van der Waals surface area contributed by atoms with E-state index in [1.54, 1.807) is 6.07 Å². The molecule has 1 saturated heterocycles. The van der Waals surface area contributed by atoms with E-state index in [2.05, 4.69) is 21.2 Å².